The van der Waals surface area contributed by atoms with Gasteiger partial charge in [-0.1, -0.05) is 12.1 Å². The van der Waals surface area contributed by atoms with Crippen LogP contribution >= 0.6 is 0 Å². The number of anilines is 3. The molecule has 0 radical (unpaired) electrons. The fourth-order valence-corrected chi connectivity index (χ4v) is 3.83. The van der Waals surface area contributed by atoms with Crippen molar-refractivity contribution in [1.29, 1.82) is 0 Å². The van der Waals surface area contributed by atoms with E-state index in [4.69, 9.17) is 16.2 Å². The number of nitrogens with zero attached hydrogens (tertiary/aromatic N) is 3. The van der Waals surface area contributed by atoms with Crippen LogP contribution < -0.4 is 26.4 Å². The third-order valence-electron chi connectivity index (χ3n) is 5.37. The number of methoxy groups -OCH3 is 1. The van der Waals surface area contributed by atoms with Crippen LogP contribution in [0.3, 0.4) is 0 Å². The Bertz CT molecular complexity index is 1090. The maximum atomic E-state index is 13.1. The van der Waals surface area contributed by atoms with Gasteiger partial charge < -0.3 is 26.4 Å². The SMILES string of the molecule is COc1ccccc1-c1ccc(N)c(C(=O)Nc2cnccc2N2CCC[C@H](N)C2)n1. The van der Waals surface area contributed by atoms with E-state index in [-0.39, 0.29) is 11.7 Å². The van der Waals surface area contributed by atoms with Gasteiger partial charge in [0.05, 0.1) is 36.1 Å². The maximum Gasteiger partial charge on any atom is 0.276 e. The van der Waals surface area contributed by atoms with Gasteiger partial charge in [0, 0.05) is 30.9 Å². The van der Waals surface area contributed by atoms with Crippen LogP contribution in [-0.2, 0) is 0 Å². The van der Waals surface area contributed by atoms with Gasteiger partial charge in [-0.3, -0.25) is 9.78 Å². The van der Waals surface area contributed by atoms with E-state index in [1.54, 1.807) is 31.6 Å². The lowest BCUT2D eigenvalue weighted by Crippen LogP contribution is -2.43. The van der Waals surface area contributed by atoms with Crippen LogP contribution in [-0.4, -0.2) is 42.1 Å². The van der Waals surface area contributed by atoms with Crippen molar-refractivity contribution in [3.8, 4) is 17.0 Å². The standard InChI is InChI=1S/C23H26N6O2/c1-31-21-7-3-2-6-16(21)18-9-8-17(25)22(27-18)23(30)28-19-13-26-11-10-20(19)29-12-4-5-15(24)14-29/h2-3,6-11,13,15H,4-5,12,14,24-25H2,1H3,(H,28,30)/t15-/m0/s1. The van der Waals surface area contributed by atoms with Crippen molar-refractivity contribution >= 4 is 23.0 Å². The lowest BCUT2D eigenvalue weighted by atomic mass is 10.1. The number of nitrogens with one attached hydrogen (secondary N) is 1. The first kappa shape index (κ1) is 20.6. The molecular weight excluding hydrogens is 392 g/mol. The van der Waals surface area contributed by atoms with Gasteiger partial charge in [-0.2, -0.15) is 0 Å². The molecule has 0 spiro atoms. The van der Waals surface area contributed by atoms with Crippen LogP contribution in [0.15, 0.2) is 54.9 Å². The first-order valence-corrected chi connectivity index (χ1v) is 10.2. The number of para-hydroxylation sites is 1. The number of benzene rings is 1. The molecule has 5 N–H and O–H groups in total. The van der Waals surface area contributed by atoms with Crippen molar-refractivity contribution in [2.45, 2.75) is 18.9 Å². The molecule has 1 atom stereocenters. The number of nitrogens with two attached hydrogens (primary N) is 2. The Labute approximate surface area is 181 Å². The third-order valence-corrected chi connectivity index (χ3v) is 5.37. The molecular formula is C23H26N6O2. The number of amides is 1. The number of piperidine rings is 1. The molecule has 1 amide bonds. The molecule has 2 aromatic heterocycles. The molecule has 8 heteroatoms. The number of hydrogen-bond donors (Lipinski definition) is 3. The molecule has 160 valence electrons. The molecule has 0 saturated carbocycles. The van der Waals surface area contributed by atoms with Gasteiger partial charge >= 0.3 is 0 Å². The zero-order valence-corrected chi connectivity index (χ0v) is 17.4. The lowest BCUT2D eigenvalue weighted by molar-refractivity contribution is 0.102. The number of ether oxygens (including phenoxy) is 1. The van der Waals surface area contributed by atoms with Crippen LogP contribution in [0, 0.1) is 0 Å². The van der Waals surface area contributed by atoms with Crippen molar-refractivity contribution in [2.75, 3.05) is 36.1 Å². The fourth-order valence-electron chi connectivity index (χ4n) is 3.83. The van der Waals surface area contributed by atoms with Crippen LogP contribution in [0.25, 0.3) is 11.3 Å². The highest BCUT2D eigenvalue weighted by Crippen LogP contribution is 2.31. The minimum atomic E-state index is -0.398. The Morgan fingerprint density at radius 3 is 2.87 bits per heavy atom. The van der Waals surface area contributed by atoms with E-state index in [0.717, 1.165) is 37.2 Å². The molecule has 1 aliphatic rings. The predicted molar refractivity (Wildman–Crippen MR) is 122 cm³/mol. The molecule has 0 bridgehead atoms. The molecule has 1 aliphatic heterocycles. The van der Waals surface area contributed by atoms with Gasteiger partial charge in [-0.15, -0.1) is 0 Å². The average Bonchev–Trinajstić information content (AvgIpc) is 2.79. The summed E-state index contributed by atoms with van der Waals surface area (Å²) in [5, 5.41) is 2.93. The molecule has 1 fully saturated rings. The van der Waals surface area contributed by atoms with Crippen molar-refractivity contribution in [3.05, 3.63) is 60.6 Å². The van der Waals surface area contributed by atoms with Crippen LogP contribution in [0.5, 0.6) is 5.75 Å². The van der Waals surface area contributed by atoms with Crippen molar-refractivity contribution in [2.24, 2.45) is 5.73 Å². The highest BCUT2D eigenvalue weighted by atomic mass is 16.5. The van der Waals surface area contributed by atoms with Crippen LogP contribution in [0.4, 0.5) is 17.1 Å². The second-order valence-corrected chi connectivity index (χ2v) is 7.53. The molecule has 4 rings (SSSR count). The molecule has 3 aromatic rings. The van der Waals surface area contributed by atoms with Gasteiger partial charge in [0.2, 0.25) is 0 Å². The third kappa shape index (κ3) is 4.44. The van der Waals surface area contributed by atoms with Gasteiger partial charge in [0.25, 0.3) is 5.91 Å². The van der Waals surface area contributed by atoms with E-state index in [1.165, 1.54) is 0 Å². The zero-order valence-electron chi connectivity index (χ0n) is 17.4. The summed E-state index contributed by atoms with van der Waals surface area (Å²) in [7, 11) is 1.60. The topological polar surface area (TPSA) is 119 Å². The summed E-state index contributed by atoms with van der Waals surface area (Å²) in [6, 6.07) is 12.9. The van der Waals surface area contributed by atoms with Gasteiger partial charge in [0.1, 0.15) is 5.75 Å². The molecule has 0 unspecified atom stereocenters. The number of carbonyl (C=O) groups is 1. The highest BCUT2D eigenvalue weighted by molar-refractivity contribution is 6.08. The quantitative estimate of drug-likeness (QED) is 0.583. The lowest BCUT2D eigenvalue weighted by Gasteiger charge is -2.33. The van der Waals surface area contributed by atoms with Crippen molar-refractivity contribution in [1.82, 2.24) is 9.97 Å². The predicted octanol–water partition coefficient (Wildman–Crippen LogP) is 2.91. The number of hydrogen-bond acceptors (Lipinski definition) is 7. The minimum absolute atomic E-state index is 0.111. The Hall–Kier alpha value is -3.65. The average molecular weight is 419 g/mol. The van der Waals surface area contributed by atoms with Gasteiger partial charge in [0.15, 0.2) is 5.69 Å². The van der Waals surface area contributed by atoms with Crippen LogP contribution in [0.1, 0.15) is 23.3 Å². The van der Waals surface area contributed by atoms with E-state index in [2.05, 4.69) is 20.2 Å². The Morgan fingerprint density at radius 2 is 2.06 bits per heavy atom. The summed E-state index contributed by atoms with van der Waals surface area (Å²) in [5.74, 6) is 0.270. The number of aromatic nitrogens is 2. The number of nitrogen functional groups attached to an aromatic ring is 1. The monoisotopic (exact) mass is 418 g/mol. The molecule has 8 nitrogen and oxygen atoms in total. The second kappa shape index (κ2) is 9.01. The summed E-state index contributed by atoms with van der Waals surface area (Å²) < 4.78 is 5.42. The van der Waals surface area contributed by atoms with E-state index in [0.29, 0.717) is 22.8 Å². The van der Waals surface area contributed by atoms with Gasteiger partial charge in [-0.25, -0.2) is 4.98 Å². The Kier molecular flexibility index (Phi) is 5.99. The van der Waals surface area contributed by atoms with Crippen LogP contribution in [0.2, 0.25) is 0 Å². The maximum absolute atomic E-state index is 13.1. The molecule has 1 aromatic carbocycles. The minimum Gasteiger partial charge on any atom is -0.496 e. The molecule has 3 heterocycles. The first-order valence-electron chi connectivity index (χ1n) is 10.2. The number of rotatable bonds is 5. The van der Waals surface area contributed by atoms with E-state index < -0.39 is 5.91 Å². The van der Waals surface area contributed by atoms with Crippen molar-refractivity contribution < 1.29 is 9.53 Å². The summed E-state index contributed by atoms with van der Waals surface area (Å²) in [4.78, 5) is 24.0. The smallest absolute Gasteiger partial charge is 0.276 e. The zero-order chi connectivity index (χ0) is 21.8. The summed E-state index contributed by atoms with van der Waals surface area (Å²) in [6.07, 6.45) is 5.35. The summed E-state index contributed by atoms with van der Waals surface area (Å²) in [5.41, 5.74) is 15.5. The molecule has 0 aliphatic carbocycles. The Morgan fingerprint density at radius 1 is 1.23 bits per heavy atom. The largest absolute Gasteiger partial charge is 0.496 e. The van der Waals surface area contributed by atoms with Crippen molar-refractivity contribution in [3.63, 3.8) is 0 Å². The van der Waals surface area contributed by atoms with E-state index >= 15 is 0 Å². The summed E-state index contributed by atoms with van der Waals surface area (Å²) >= 11 is 0. The highest BCUT2D eigenvalue weighted by Gasteiger charge is 2.21. The summed E-state index contributed by atoms with van der Waals surface area (Å²) in [6.45, 7) is 1.61. The second-order valence-electron chi connectivity index (χ2n) is 7.53. The Balaban J connectivity index is 1.63. The van der Waals surface area contributed by atoms with Gasteiger partial charge in [-0.05, 0) is 43.2 Å². The fraction of sp³-hybridized carbons (Fsp3) is 0.261. The van der Waals surface area contributed by atoms with E-state index in [9.17, 15) is 4.79 Å². The number of carbonyl (C=O) groups excluding carboxylic acids is 1. The number of pyridine rings is 2. The first-order chi connectivity index (χ1) is 15.1. The molecule has 1 saturated heterocycles. The normalized spacial score (nSPS) is 16.1. The molecule has 31 heavy (non-hydrogen) atoms. The van der Waals surface area contributed by atoms with E-state index in [1.807, 2.05) is 30.3 Å².